The van der Waals surface area contributed by atoms with Gasteiger partial charge in [0.1, 0.15) is 5.54 Å². The van der Waals surface area contributed by atoms with Crippen molar-refractivity contribution in [2.24, 2.45) is 17.1 Å². The summed E-state index contributed by atoms with van der Waals surface area (Å²) in [6, 6.07) is 0. The summed E-state index contributed by atoms with van der Waals surface area (Å²) in [5.74, 6) is 0.737. The number of amides is 1. The molecule has 1 saturated carbocycles. The van der Waals surface area contributed by atoms with Crippen molar-refractivity contribution < 1.29 is 9.53 Å². The third-order valence-corrected chi connectivity index (χ3v) is 5.69. The molecule has 1 aliphatic carbocycles. The highest BCUT2D eigenvalue weighted by atomic mass is 16.5. The molecule has 0 aromatic carbocycles. The summed E-state index contributed by atoms with van der Waals surface area (Å²) < 4.78 is 5.68. The molecule has 2 aliphatic rings. The van der Waals surface area contributed by atoms with Crippen LogP contribution < -0.4 is 11.1 Å². The number of carbonyl (C=O) groups is 1. The molecule has 0 aromatic heterocycles. The first-order chi connectivity index (χ1) is 10.3. The Balaban J connectivity index is 1.78. The van der Waals surface area contributed by atoms with E-state index in [0.29, 0.717) is 19.6 Å². The van der Waals surface area contributed by atoms with E-state index in [9.17, 15) is 4.79 Å². The summed E-state index contributed by atoms with van der Waals surface area (Å²) in [6.45, 7) is 12.9. The predicted molar refractivity (Wildman–Crippen MR) is 88.6 cm³/mol. The van der Waals surface area contributed by atoms with E-state index in [-0.39, 0.29) is 17.4 Å². The fourth-order valence-corrected chi connectivity index (χ4v) is 3.80. The summed E-state index contributed by atoms with van der Waals surface area (Å²) in [4.78, 5) is 14.9. The molecule has 5 heteroatoms. The number of hydrogen-bond donors (Lipinski definition) is 2. The summed E-state index contributed by atoms with van der Waals surface area (Å²) in [7, 11) is 0. The second-order valence-electron chi connectivity index (χ2n) is 7.65. The zero-order valence-corrected chi connectivity index (χ0v) is 14.7. The topological polar surface area (TPSA) is 67.6 Å². The molecule has 2 fully saturated rings. The van der Waals surface area contributed by atoms with Gasteiger partial charge in [-0.05, 0) is 32.2 Å². The molecule has 1 heterocycles. The van der Waals surface area contributed by atoms with Gasteiger partial charge in [0.05, 0.1) is 6.10 Å². The van der Waals surface area contributed by atoms with Gasteiger partial charge in [0.15, 0.2) is 0 Å². The van der Waals surface area contributed by atoms with Gasteiger partial charge in [-0.2, -0.15) is 0 Å². The molecule has 0 radical (unpaired) electrons. The number of piperidine rings is 1. The third-order valence-electron chi connectivity index (χ3n) is 5.69. The Morgan fingerprint density at radius 3 is 2.77 bits per heavy atom. The van der Waals surface area contributed by atoms with Crippen LogP contribution in [0.1, 0.15) is 47.0 Å². The molecule has 3 N–H and O–H groups in total. The van der Waals surface area contributed by atoms with Crippen molar-refractivity contribution >= 4 is 5.91 Å². The van der Waals surface area contributed by atoms with Gasteiger partial charge in [0, 0.05) is 38.1 Å². The van der Waals surface area contributed by atoms with Gasteiger partial charge in [-0.3, -0.25) is 4.79 Å². The van der Waals surface area contributed by atoms with E-state index in [2.05, 4.69) is 17.1 Å². The second kappa shape index (κ2) is 6.85. The van der Waals surface area contributed by atoms with Crippen LogP contribution in [-0.2, 0) is 9.53 Å². The summed E-state index contributed by atoms with van der Waals surface area (Å²) in [5, 5.41) is 3.04. The van der Waals surface area contributed by atoms with Gasteiger partial charge in [-0.1, -0.05) is 20.8 Å². The van der Waals surface area contributed by atoms with Gasteiger partial charge < -0.3 is 20.7 Å². The van der Waals surface area contributed by atoms with E-state index in [1.165, 1.54) is 12.8 Å². The van der Waals surface area contributed by atoms with Crippen molar-refractivity contribution in [3.8, 4) is 0 Å². The van der Waals surface area contributed by atoms with Crippen LogP contribution in [0.4, 0.5) is 0 Å². The molecule has 3 unspecified atom stereocenters. The lowest BCUT2D eigenvalue weighted by molar-refractivity contribution is -0.170. The third kappa shape index (κ3) is 3.31. The molecule has 0 spiro atoms. The molecule has 5 nitrogen and oxygen atoms in total. The van der Waals surface area contributed by atoms with Crippen LogP contribution in [-0.4, -0.2) is 55.2 Å². The Kier molecular flexibility index (Phi) is 5.51. The quantitative estimate of drug-likeness (QED) is 0.777. The first-order valence-corrected chi connectivity index (χ1v) is 8.72. The molecule has 1 aliphatic heterocycles. The number of nitrogens with zero attached hydrogens (tertiary/aromatic N) is 1. The van der Waals surface area contributed by atoms with Gasteiger partial charge in [-0.25, -0.2) is 0 Å². The monoisotopic (exact) mass is 311 g/mol. The van der Waals surface area contributed by atoms with Crippen molar-refractivity contribution in [3.05, 3.63) is 0 Å². The van der Waals surface area contributed by atoms with Crippen molar-refractivity contribution in [1.29, 1.82) is 0 Å². The molecular formula is C17H33N3O2. The molecular weight excluding hydrogens is 278 g/mol. The molecule has 3 atom stereocenters. The Labute approximate surface area is 134 Å². The van der Waals surface area contributed by atoms with Crippen LogP contribution in [0.2, 0.25) is 0 Å². The van der Waals surface area contributed by atoms with Crippen LogP contribution in [0.15, 0.2) is 0 Å². The van der Waals surface area contributed by atoms with Crippen molar-refractivity contribution in [2.75, 3.05) is 32.8 Å². The summed E-state index contributed by atoms with van der Waals surface area (Å²) in [5.41, 5.74) is 5.26. The van der Waals surface area contributed by atoms with E-state index < -0.39 is 5.54 Å². The predicted octanol–water partition coefficient (Wildman–Crippen LogP) is 1.37. The van der Waals surface area contributed by atoms with E-state index in [1.54, 1.807) is 0 Å². The lowest BCUT2D eigenvalue weighted by Crippen LogP contribution is -2.75. The Hall–Kier alpha value is -0.650. The highest BCUT2D eigenvalue weighted by molar-refractivity contribution is 5.88. The first-order valence-electron chi connectivity index (χ1n) is 8.72. The minimum Gasteiger partial charge on any atom is -0.378 e. The second-order valence-corrected chi connectivity index (χ2v) is 7.65. The maximum Gasteiger partial charge on any atom is 0.240 e. The Morgan fingerprint density at radius 1 is 1.45 bits per heavy atom. The Bertz CT molecular complexity index is 399. The van der Waals surface area contributed by atoms with Gasteiger partial charge in [0.2, 0.25) is 5.91 Å². The fourth-order valence-electron chi connectivity index (χ4n) is 3.80. The molecule has 1 amide bonds. The number of nitrogens with two attached hydrogens (primary N) is 1. The van der Waals surface area contributed by atoms with E-state index in [1.807, 2.05) is 20.8 Å². The van der Waals surface area contributed by atoms with E-state index >= 15 is 0 Å². The highest BCUT2D eigenvalue weighted by Gasteiger charge is 2.62. The van der Waals surface area contributed by atoms with Crippen LogP contribution in [0.25, 0.3) is 0 Å². The van der Waals surface area contributed by atoms with Gasteiger partial charge in [0.25, 0.3) is 0 Å². The van der Waals surface area contributed by atoms with Crippen LogP contribution in [0.3, 0.4) is 0 Å². The molecule has 22 heavy (non-hydrogen) atoms. The number of nitrogens with one attached hydrogen (secondary N) is 1. The fraction of sp³-hybridized carbons (Fsp3) is 0.941. The lowest BCUT2D eigenvalue weighted by Gasteiger charge is -2.57. The number of hydrogen-bond acceptors (Lipinski definition) is 4. The maximum absolute atomic E-state index is 12.5. The lowest BCUT2D eigenvalue weighted by atomic mass is 9.54. The zero-order valence-electron chi connectivity index (χ0n) is 14.7. The molecule has 1 saturated heterocycles. The van der Waals surface area contributed by atoms with E-state index in [0.717, 1.165) is 25.6 Å². The highest BCUT2D eigenvalue weighted by Crippen LogP contribution is 2.49. The minimum absolute atomic E-state index is 0.0292. The van der Waals surface area contributed by atoms with Crippen molar-refractivity contribution in [3.63, 3.8) is 0 Å². The number of ether oxygens (including phenoxy) is 1. The van der Waals surface area contributed by atoms with Crippen LogP contribution in [0, 0.1) is 11.3 Å². The Morgan fingerprint density at radius 2 is 2.18 bits per heavy atom. The van der Waals surface area contributed by atoms with E-state index in [4.69, 9.17) is 10.5 Å². The number of rotatable bonds is 6. The number of carbonyl (C=O) groups excluding carboxylic acids is 1. The molecule has 0 bridgehead atoms. The average molecular weight is 311 g/mol. The van der Waals surface area contributed by atoms with Gasteiger partial charge in [-0.15, -0.1) is 0 Å². The SMILES string of the molecule is CCOC1CC(N)(C(=O)NCCN2CCCC(C)C2)C1(C)C. The van der Waals surface area contributed by atoms with Crippen molar-refractivity contribution in [1.82, 2.24) is 10.2 Å². The van der Waals surface area contributed by atoms with Crippen LogP contribution >= 0.6 is 0 Å². The standard InChI is InChI=1S/C17H33N3O2/c1-5-22-14-11-17(18,16(14,3)4)15(21)19-8-10-20-9-6-7-13(2)12-20/h13-14H,5-12,18H2,1-4H3,(H,19,21). The molecule has 0 aromatic rings. The normalized spacial score (nSPS) is 35.0. The summed E-state index contributed by atoms with van der Waals surface area (Å²) in [6.07, 6.45) is 3.28. The smallest absolute Gasteiger partial charge is 0.240 e. The zero-order chi connectivity index (χ0) is 16.4. The number of likely N-dealkylation sites (tertiary alicyclic amines) is 1. The molecule has 2 rings (SSSR count). The van der Waals surface area contributed by atoms with Crippen molar-refractivity contribution in [2.45, 2.75) is 58.6 Å². The minimum atomic E-state index is -0.804. The average Bonchev–Trinajstić information content (AvgIpc) is 2.46. The first kappa shape index (κ1) is 17.7. The largest absolute Gasteiger partial charge is 0.378 e. The maximum atomic E-state index is 12.5. The van der Waals surface area contributed by atoms with Crippen LogP contribution in [0.5, 0.6) is 0 Å². The summed E-state index contributed by atoms with van der Waals surface area (Å²) >= 11 is 0. The molecule has 128 valence electrons. The van der Waals surface area contributed by atoms with Gasteiger partial charge >= 0.3 is 0 Å².